The van der Waals surface area contributed by atoms with Gasteiger partial charge in [0.15, 0.2) is 0 Å². The number of aromatic nitrogens is 4. The van der Waals surface area contributed by atoms with Crippen molar-refractivity contribution in [3.05, 3.63) is 58.1 Å². The number of nitrogens with zero attached hydrogens (tertiary/aromatic N) is 5. The van der Waals surface area contributed by atoms with Crippen molar-refractivity contribution in [3.8, 4) is 0 Å². The largest absolute Gasteiger partial charge is 0.467 e. The average molecular weight is 401 g/mol. The molecule has 3 aromatic heterocycles. The summed E-state index contributed by atoms with van der Waals surface area (Å²) in [6, 6.07) is 2.59. The Labute approximate surface area is 164 Å². The number of nitrogens with one attached hydrogen (secondary N) is 2. The molecule has 0 aliphatic carbocycles. The minimum Gasteiger partial charge on any atom is -0.467 e. The fraction of sp³-hybridized carbons (Fsp3) is 0.294. The van der Waals surface area contributed by atoms with Gasteiger partial charge in [-0.1, -0.05) is 0 Å². The van der Waals surface area contributed by atoms with Crippen molar-refractivity contribution in [1.82, 2.24) is 24.9 Å². The first-order chi connectivity index (χ1) is 13.8. The van der Waals surface area contributed by atoms with Gasteiger partial charge in [0.1, 0.15) is 29.4 Å². The number of anilines is 1. The van der Waals surface area contributed by atoms with Crippen LogP contribution in [0.25, 0.3) is 0 Å². The summed E-state index contributed by atoms with van der Waals surface area (Å²) in [5, 5.41) is 24.2. The molecule has 1 atom stereocenters. The first kappa shape index (κ1) is 19.8. The third kappa shape index (κ3) is 4.00. The zero-order chi connectivity index (χ0) is 21.1. The van der Waals surface area contributed by atoms with E-state index in [-0.39, 0.29) is 29.3 Å². The molecule has 3 heterocycles. The normalized spacial score (nSPS) is 11.8. The fourth-order valence-corrected chi connectivity index (χ4v) is 2.79. The first-order valence-electron chi connectivity index (χ1n) is 8.61. The number of hydrogen-bond acceptors (Lipinski definition) is 7. The molecule has 3 rings (SSSR count). The van der Waals surface area contributed by atoms with Gasteiger partial charge in [-0.15, -0.1) is 0 Å². The number of nitro groups is 1. The number of furan rings is 1. The first-order valence-corrected chi connectivity index (χ1v) is 8.61. The topological polar surface area (TPSA) is 150 Å². The summed E-state index contributed by atoms with van der Waals surface area (Å²) in [5.74, 6) is -0.370. The van der Waals surface area contributed by atoms with Gasteiger partial charge in [0, 0.05) is 7.05 Å². The molecule has 0 aliphatic rings. The average Bonchev–Trinajstić information content (AvgIpc) is 3.40. The van der Waals surface area contributed by atoms with Crippen LogP contribution < -0.4 is 10.6 Å². The number of aryl methyl sites for hydroxylation is 1. The van der Waals surface area contributed by atoms with Crippen LogP contribution in [-0.2, 0) is 18.4 Å². The minimum atomic E-state index is -0.845. The molecular weight excluding hydrogens is 382 g/mol. The fourth-order valence-electron chi connectivity index (χ4n) is 2.79. The molecule has 0 aromatic carbocycles. The second-order valence-electron chi connectivity index (χ2n) is 6.27. The van der Waals surface area contributed by atoms with Crippen molar-refractivity contribution in [1.29, 1.82) is 0 Å². The van der Waals surface area contributed by atoms with E-state index >= 15 is 0 Å². The molecule has 0 saturated carbocycles. The van der Waals surface area contributed by atoms with Crippen LogP contribution in [0.1, 0.15) is 34.9 Å². The highest BCUT2D eigenvalue weighted by molar-refractivity contribution is 6.03. The molecule has 0 fully saturated rings. The van der Waals surface area contributed by atoms with Gasteiger partial charge < -0.3 is 15.1 Å². The maximum absolute atomic E-state index is 12.6. The van der Waals surface area contributed by atoms with E-state index in [2.05, 4.69) is 20.8 Å². The SMILES string of the molecule is Cc1c([N+](=O)[O-])cnn1C(C)C(=O)Nc1cnn(C)c1C(=O)NCc1ccco1. The van der Waals surface area contributed by atoms with Gasteiger partial charge in [0.2, 0.25) is 5.91 Å². The Balaban J connectivity index is 1.74. The third-order valence-corrected chi connectivity index (χ3v) is 4.38. The molecule has 0 saturated heterocycles. The van der Waals surface area contributed by atoms with Crippen molar-refractivity contribution in [2.45, 2.75) is 26.4 Å². The quantitative estimate of drug-likeness (QED) is 0.450. The molecule has 12 nitrogen and oxygen atoms in total. The van der Waals surface area contributed by atoms with Crippen LogP contribution in [0.15, 0.2) is 35.2 Å². The van der Waals surface area contributed by atoms with E-state index in [0.29, 0.717) is 5.76 Å². The molecule has 0 spiro atoms. The lowest BCUT2D eigenvalue weighted by Crippen LogP contribution is -2.29. The molecule has 2 amide bonds. The van der Waals surface area contributed by atoms with Gasteiger partial charge in [-0.3, -0.25) is 29.1 Å². The van der Waals surface area contributed by atoms with Gasteiger partial charge in [-0.2, -0.15) is 10.2 Å². The van der Waals surface area contributed by atoms with E-state index in [4.69, 9.17) is 4.42 Å². The number of carbonyl (C=O) groups is 2. The molecule has 0 aliphatic heterocycles. The van der Waals surface area contributed by atoms with Crippen LogP contribution in [-0.4, -0.2) is 36.3 Å². The van der Waals surface area contributed by atoms with E-state index in [0.717, 1.165) is 6.20 Å². The molecule has 0 radical (unpaired) electrons. The second-order valence-corrected chi connectivity index (χ2v) is 6.27. The summed E-state index contributed by atoms with van der Waals surface area (Å²) in [6.07, 6.45) is 3.95. The molecule has 152 valence electrons. The van der Waals surface area contributed by atoms with Crippen molar-refractivity contribution in [3.63, 3.8) is 0 Å². The van der Waals surface area contributed by atoms with Crippen molar-refractivity contribution in [2.24, 2.45) is 7.05 Å². The van der Waals surface area contributed by atoms with Crippen molar-refractivity contribution < 1.29 is 18.9 Å². The van der Waals surface area contributed by atoms with Crippen LogP contribution in [0.2, 0.25) is 0 Å². The smallest absolute Gasteiger partial charge is 0.309 e. The lowest BCUT2D eigenvalue weighted by molar-refractivity contribution is -0.385. The van der Waals surface area contributed by atoms with Gasteiger partial charge in [-0.05, 0) is 26.0 Å². The summed E-state index contributed by atoms with van der Waals surface area (Å²) < 4.78 is 7.76. The highest BCUT2D eigenvalue weighted by Crippen LogP contribution is 2.22. The Morgan fingerprint density at radius 2 is 2.10 bits per heavy atom. The molecule has 29 heavy (non-hydrogen) atoms. The highest BCUT2D eigenvalue weighted by Gasteiger charge is 2.26. The molecular formula is C17H19N7O5. The predicted octanol–water partition coefficient (Wildman–Crippen LogP) is 1.56. The molecule has 2 N–H and O–H groups in total. The van der Waals surface area contributed by atoms with Crippen molar-refractivity contribution in [2.75, 3.05) is 5.32 Å². The van der Waals surface area contributed by atoms with Crippen molar-refractivity contribution >= 4 is 23.2 Å². The Kier molecular flexibility index (Phi) is 5.43. The zero-order valence-electron chi connectivity index (χ0n) is 15.9. The lowest BCUT2D eigenvalue weighted by atomic mass is 10.2. The Hall–Kier alpha value is -3.96. The van der Waals surface area contributed by atoms with E-state index < -0.39 is 22.8 Å². The van der Waals surface area contributed by atoms with E-state index in [1.54, 1.807) is 26.1 Å². The van der Waals surface area contributed by atoms with Crippen LogP contribution in [0.5, 0.6) is 0 Å². The minimum absolute atomic E-state index is 0.153. The Morgan fingerprint density at radius 3 is 2.72 bits per heavy atom. The predicted molar refractivity (Wildman–Crippen MR) is 100 cm³/mol. The number of amides is 2. The van der Waals surface area contributed by atoms with Crippen LogP contribution in [0.4, 0.5) is 11.4 Å². The standard InChI is InChI=1S/C17H19N7O5/c1-10-14(24(27)28)9-20-23(10)11(2)16(25)21-13-8-19-22(3)15(13)17(26)18-7-12-5-4-6-29-12/h4-6,8-9,11H,7H2,1-3H3,(H,18,26)(H,21,25). The number of hydrogen-bond donors (Lipinski definition) is 2. The number of carbonyl (C=O) groups excluding carboxylic acids is 2. The highest BCUT2D eigenvalue weighted by atomic mass is 16.6. The summed E-state index contributed by atoms with van der Waals surface area (Å²) in [6.45, 7) is 3.23. The van der Waals surface area contributed by atoms with Crippen LogP contribution >= 0.6 is 0 Å². The summed E-state index contributed by atoms with van der Waals surface area (Å²) >= 11 is 0. The summed E-state index contributed by atoms with van der Waals surface area (Å²) in [7, 11) is 1.57. The number of rotatable bonds is 7. The van der Waals surface area contributed by atoms with Crippen LogP contribution in [0, 0.1) is 17.0 Å². The molecule has 12 heteroatoms. The Morgan fingerprint density at radius 1 is 1.34 bits per heavy atom. The molecule has 3 aromatic rings. The lowest BCUT2D eigenvalue weighted by Gasteiger charge is -2.14. The summed E-state index contributed by atoms with van der Waals surface area (Å²) in [5.41, 5.74) is 0.435. The Bertz CT molecular complexity index is 1050. The monoisotopic (exact) mass is 401 g/mol. The zero-order valence-corrected chi connectivity index (χ0v) is 15.9. The van der Waals surface area contributed by atoms with Gasteiger partial charge >= 0.3 is 5.69 Å². The van der Waals surface area contributed by atoms with Gasteiger partial charge in [0.25, 0.3) is 5.91 Å². The maximum Gasteiger partial charge on any atom is 0.309 e. The van der Waals surface area contributed by atoms with Gasteiger partial charge in [0.05, 0.1) is 29.6 Å². The second kappa shape index (κ2) is 7.96. The molecule has 0 bridgehead atoms. The van der Waals surface area contributed by atoms with E-state index in [1.807, 2.05) is 0 Å². The van der Waals surface area contributed by atoms with Gasteiger partial charge in [-0.25, -0.2) is 0 Å². The van der Waals surface area contributed by atoms with E-state index in [1.165, 1.54) is 28.7 Å². The third-order valence-electron chi connectivity index (χ3n) is 4.38. The van der Waals surface area contributed by atoms with Crippen LogP contribution in [0.3, 0.4) is 0 Å². The molecule has 1 unspecified atom stereocenters. The van der Waals surface area contributed by atoms with E-state index in [9.17, 15) is 19.7 Å². The summed E-state index contributed by atoms with van der Waals surface area (Å²) in [4.78, 5) is 35.6. The maximum atomic E-state index is 12.6.